The molecule has 0 unspecified atom stereocenters. The average Bonchev–Trinajstić information content (AvgIpc) is 2.92. The first kappa shape index (κ1) is 16.3. The molecule has 0 saturated carbocycles. The topological polar surface area (TPSA) is 70.2 Å². The molecule has 1 aromatic carbocycles. The Hall–Kier alpha value is -2.54. The van der Waals surface area contributed by atoms with Gasteiger partial charge in [0.05, 0.1) is 7.11 Å². The van der Waals surface area contributed by atoms with Crippen molar-refractivity contribution in [3.63, 3.8) is 0 Å². The highest BCUT2D eigenvalue weighted by atomic mass is 32.2. The smallest absolute Gasteiger partial charge is 0.336 e. The molecule has 0 bridgehead atoms. The van der Waals surface area contributed by atoms with Crippen LogP contribution in [-0.4, -0.2) is 21.9 Å². The molecule has 0 radical (unpaired) electrons. The van der Waals surface area contributed by atoms with Crippen molar-refractivity contribution in [3.8, 4) is 5.75 Å². The lowest BCUT2D eigenvalue weighted by atomic mass is 10.1. The molecule has 0 spiro atoms. The summed E-state index contributed by atoms with van der Waals surface area (Å²) in [7, 11) is 1.58. The Morgan fingerprint density at radius 3 is 2.96 bits per heavy atom. The second-order valence-corrected chi connectivity index (χ2v) is 6.11. The largest absolute Gasteiger partial charge is 0.497 e. The number of ether oxygens (including phenoxy) is 1. The quantitative estimate of drug-likeness (QED) is 0.389. The third-order valence-corrected chi connectivity index (χ3v) is 4.62. The zero-order valence-corrected chi connectivity index (χ0v) is 14.3. The fourth-order valence-corrected chi connectivity index (χ4v) is 3.39. The molecule has 0 aliphatic heterocycles. The standard InChI is InChI=1S/C17H17N3O3S/c1-4-7-20-11(2)18-19-17(20)24-10-12-8-16(21)23-15-9-13(22-3)5-6-14(12)15/h4-6,8-9H,1,7,10H2,2-3H3. The first-order valence-corrected chi connectivity index (χ1v) is 8.35. The van der Waals surface area contributed by atoms with Crippen LogP contribution in [0.25, 0.3) is 11.0 Å². The van der Waals surface area contributed by atoms with Crippen LogP contribution >= 0.6 is 11.8 Å². The third-order valence-electron chi connectivity index (χ3n) is 3.61. The Kier molecular flexibility index (Phi) is 4.71. The number of benzene rings is 1. The summed E-state index contributed by atoms with van der Waals surface area (Å²) in [5.74, 6) is 2.07. The van der Waals surface area contributed by atoms with Crippen molar-refractivity contribution in [2.75, 3.05) is 7.11 Å². The molecule has 0 amide bonds. The van der Waals surface area contributed by atoms with Gasteiger partial charge < -0.3 is 13.7 Å². The second-order valence-electron chi connectivity index (χ2n) is 5.17. The van der Waals surface area contributed by atoms with Gasteiger partial charge in [-0.1, -0.05) is 17.8 Å². The molecule has 3 aromatic rings. The molecule has 0 fully saturated rings. The Bertz CT molecular complexity index is 946. The van der Waals surface area contributed by atoms with E-state index >= 15 is 0 Å². The number of hydrogen-bond donors (Lipinski definition) is 0. The lowest BCUT2D eigenvalue weighted by molar-refractivity contribution is 0.414. The van der Waals surface area contributed by atoms with Gasteiger partial charge >= 0.3 is 5.63 Å². The van der Waals surface area contributed by atoms with Crippen LogP contribution in [-0.2, 0) is 12.3 Å². The molecule has 0 aliphatic rings. The molecule has 7 heteroatoms. The molecule has 124 valence electrons. The van der Waals surface area contributed by atoms with Crippen LogP contribution in [0.5, 0.6) is 5.75 Å². The van der Waals surface area contributed by atoms with E-state index in [1.807, 2.05) is 23.6 Å². The van der Waals surface area contributed by atoms with Gasteiger partial charge in [-0.2, -0.15) is 0 Å². The summed E-state index contributed by atoms with van der Waals surface area (Å²) in [4.78, 5) is 11.8. The van der Waals surface area contributed by atoms with E-state index in [0.29, 0.717) is 23.6 Å². The van der Waals surface area contributed by atoms with Gasteiger partial charge in [0.15, 0.2) is 5.16 Å². The Labute approximate surface area is 143 Å². The highest BCUT2D eigenvalue weighted by molar-refractivity contribution is 7.98. The summed E-state index contributed by atoms with van der Waals surface area (Å²) in [6, 6.07) is 6.98. The molecule has 6 nitrogen and oxygen atoms in total. The minimum atomic E-state index is -0.380. The van der Waals surface area contributed by atoms with E-state index in [4.69, 9.17) is 9.15 Å². The normalized spacial score (nSPS) is 10.9. The van der Waals surface area contributed by atoms with Crippen molar-refractivity contribution in [2.24, 2.45) is 0 Å². The van der Waals surface area contributed by atoms with Crippen molar-refractivity contribution >= 4 is 22.7 Å². The summed E-state index contributed by atoms with van der Waals surface area (Å²) in [5, 5.41) is 9.96. The summed E-state index contributed by atoms with van der Waals surface area (Å²) < 4.78 is 12.4. The van der Waals surface area contributed by atoms with Gasteiger partial charge in [-0.15, -0.1) is 16.8 Å². The number of aromatic nitrogens is 3. The summed E-state index contributed by atoms with van der Waals surface area (Å²) >= 11 is 1.52. The van der Waals surface area contributed by atoms with E-state index in [-0.39, 0.29) is 5.63 Å². The molecule has 24 heavy (non-hydrogen) atoms. The summed E-state index contributed by atoms with van der Waals surface area (Å²) in [6.45, 7) is 6.30. The average molecular weight is 343 g/mol. The number of methoxy groups -OCH3 is 1. The number of rotatable bonds is 6. The van der Waals surface area contributed by atoms with Gasteiger partial charge in [0, 0.05) is 29.8 Å². The number of fused-ring (bicyclic) bond motifs is 1. The number of aryl methyl sites for hydroxylation is 1. The minimum absolute atomic E-state index is 0.380. The van der Waals surface area contributed by atoms with E-state index in [0.717, 1.165) is 21.9 Å². The number of nitrogens with zero attached hydrogens (tertiary/aromatic N) is 3. The fourth-order valence-electron chi connectivity index (χ4n) is 2.41. The highest BCUT2D eigenvalue weighted by Gasteiger charge is 2.11. The maximum Gasteiger partial charge on any atom is 0.336 e. The van der Waals surface area contributed by atoms with Crippen molar-refractivity contribution in [2.45, 2.75) is 24.4 Å². The van der Waals surface area contributed by atoms with E-state index in [1.165, 1.54) is 17.8 Å². The monoisotopic (exact) mass is 343 g/mol. The third kappa shape index (κ3) is 3.21. The van der Waals surface area contributed by atoms with Crippen molar-refractivity contribution in [1.82, 2.24) is 14.8 Å². The Balaban J connectivity index is 1.93. The zero-order chi connectivity index (χ0) is 17.1. The molecule has 3 rings (SSSR count). The van der Waals surface area contributed by atoms with Gasteiger partial charge in [-0.25, -0.2) is 4.79 Å². The minimum Gasteiger partial charge on any atom is -0.497 e. The maximum atomic E-state index is 11.8. The molecule has 2 heterocycles. The molecular weight excluding hydrogens is 326 g/mol. The van der Waals surface area contributed by atoms with Crippen LogP contribution in [0.1, 0.15) is 11.4 Å². The lowest BCUT2D eigenvalue weighted by Crippen LogP contribution is -2.02. The Morgan fingerprint density at radius 2 is 2.21 bits per heavy atom. The van der Waals surface area contributed by atoms with Gasteiger partial charge in [-0.3, -0.25) is 0 Å². The first-order valence-electron chi connectivity index (χ1n) is 7.36. The zero-order valence-electron chi connectivity index (χ0n) is 13.5. The summed E-state index contributed by atoms with van der Waals surface area (Å²) in [6.07, 6.45) is 1.80. The molecule has 0 atom stereocenters. The van der Waals surface area contributed by atoms with Crippen LogP contribution in [0.2, 0.25) is 0 Å². The first-order chi connectivity index (χ1) is 11.6. The molecule has 0 N–H and O–H groups in total. The van der Waals surface area contributed by atoms with Crippen LogP contribution in [0.3, 0.4) is 0 Å². The number of thioether (sulfide) groups is 1. The molecule has 0 aliphatic carbocycles. The van der Waals surface area contributed by atoms with Gasteiger partial charge in [-0.05, 0) is 24.6 Å². The predicted molar refractivity (Wildman–Crippen MR) is 93.6 cm³/mol. The highest BCUT2D eigenvalue weighted by Crippen LogP contribution is 2.28. The van der Waals surface area contributed by atoms with Crippen LogP contribution < -0.4 is 10.4 Å². The lowest BCUT2D eigenvalue weighted by Gasteiger charge is -2.08. The van der Waals surface area contributed by atoms with Crippen molar-refractivity contribution in [3.05, 3.63) is 58.7 Å². The molecule has 2 aromatic heterocycles. The van der Waals surface area contributed by atoms with E-state index in [1.54, 1.807) is 19.3 Å². The van der Waals surface area contributed by atoms with Gasteiger partial charge in [0.1, 0.15) is 17.2 Å². The van der Waals surface area contributed by atoms with Crippen molar-refractivity contribution in [1.29, 1.82) is 0 Å². The summed E-state index contributed by atoms with van der Waals surface area (Å²) in [5.41, 5.74) is 1.02. The van der Waals surface area contributed by atoms with Crippen LogP contribution in [0.4, 0.5) is 0 Å². The second kappa shape index (κ2) is 6.92. The molecular formula is C17H17N3O3S. The van der Waals surface area contributed by atoms with E-state index < -0.39 is 0 Å². The molecule has 0 saturated heterocycles. The predicted octanol–water partition coefficient (Wildman–Crippen LogP) is 3.18. The Morgan fingerprint density at radius 1 is 1.38 bits per heavy atom. The maximum absolute atomic E-state index is 11.8. The van der Waals surface area contributed by atoms with Crippen molar-refractivity contribution < 1.29 is 9.15 Å². The number of allylic oxidation sites excluding steroid dienone is 1. The van der Waals surface area contributed by atoms with E-state index in [2.05, 4.69) is 16.8 Å². The van der Waals surface area contributed by atoms with E-state index in [9.17, 15) is 4.79 Å². The van der Waals surface area contributed by atoms with Gasteiger partial charge in [0.2, 0.25) is 0 Å². The van der Waals surface area contributed by atoms with Gasteiger partial charge in [0.25, 0.3) is 0 Å². The fraction of sp³-hybridized carbons (Fsp3) is 0.235. The SMILES string of the molecule is C=CCn1c(C)nnc1SCc1cc(=O)oc2cc(OC)ccc12. The number of hydrogen-bond acceptors (Lipinski definition) is 6. The van der Waals surface area contributed by atoms with Crippen LogP contribution in [0.15, 0.2) is 51.3 Å². The van der Waals surface area contributed by atoms with Crippen LogP contribution in [0, 0.1) is 6.92 Å².